The van der Waals surface area contributed by atoms with Crippen LogP contribution in [0.1, 0.15) is 5.56 Å². The molecule has 0 aliphatic heterocycles. The van der Waals surface area contributed by atoms with Crippen molar-refractivity contribution in [1.29, 1.82) is 0 Å². The largest absolute Gasteiger partial charge is 0.234 e. The molecule has 3 rings (SSSR count). The van der Waals surface area contributed by atoms with E-state index in [1.807, 2.05) is 47.6 Å². The summed E-state index contributed by atoms with van der Waals surface area (Å²) in [7, 11) is 0. The highest BCUT2D eigenvalue weighted by Crippen LogP contribution is 2.25. The number of anilines is 2. The van der Waals surface area contributed by atoms with Gasteiger partial charge in [0.1, 0.15) is 0 Å². The third-order valence-electron chi connectivity index (χ3n) is 3.44. The number of para-hydroxylation sites is 2. The lowest BCUT2D eigenvalue weighted by Crippen LogP contribution is -2.09. The van der Waals surface area contributed by atoms with E-state index in [9.17, 15) is 0 Å². The summed E-state index contributed by atoms with van der Waals surface area (Å²) in [5.74, 6) is 0. The molecule has 0 spiro atoms. The fourth-order valence-corrected chi connectivity index (χ4v) is 2.64. The van der Waals surface area contributed by atoms with Crippen LogP contribution in [-0.2, 0) is 0 Å². The van der Waals surface area contributed by atoms with Crippen molar-refractivity contribution in [2.45, 2.75) is 4.90 Å². The van der Waals surface area contributed by atoms with E-state index in [4.69, 9.17) is 5.10 Å². The fraction of sp³-hybridized carbons (Fsp3) is 0.0500. The Morgan fingerprint density at radius 3 is 1.74 bits per heavy atom. The van der Waals surface area contributed by atoms with Gasteiger partial charge in [-0.25, -0.2) is 5.01 Å². The lowest BCUT2D eigenvalue weighted by molar-refractivity contribution is 1.09. The molecule has 0 saturated heterocycles. The lowest BCUT2D eigenvalue weighted by Gasteiger charge is -2.19. The minimum atomic E-state index is 1.04. The molecule has 114 valence electrons. The molecule has 0 amide bonds. The molecular formula is C20H18N2S. The Labute approximate surface area is 141 Å². The van der Waals surface area contributed by atoms with Crippen LogP contribution in [0.25, 0.3) is 0 Å². The summed E-state index contributed by atoms with van der Waals surface area (Å²) in [6.45, 7) is 0. The van der Waals surface area contributed by atoms with Crippen molar-refractivity contribution >= 4 is 29.4 Å². The van der Waals surface area contributed by atoms with Gasteiger partial charge in [0.2, 0.25) is 0 Å². The number of hydrogen-bond donors (Lipinski definition) is 0. The molecule has 0 unspecified atom stereocenters. The second kappa shape index (κ2) is 7.65. The van der Waals surface area contributed by atoms with Crippen LogP contribution in [0.4, 0.5) is 11.4 Å². The van der Waals surface area contributed by atoms with E-state index in [0.717, 1.165) is 16.9 Å². The predicted octanol–water partition coefficient (Wildman–Crippen LogP) is 5.58. The van der Waals surface area contributed by atoms with Crippen LogP contribution in [0.2, 0.25) is 0 Å². The molecule has 0 heterocycles. The SMILES string of the molecule is CSc1ccc(/C=N/N(c2ccccc2)c2ccccc2)cc1. The van der Waals surface area contributed by atoms with Crippen LogP contribution in [-0.4, -0.2) is 12.5 Å². The van der Waals surface area contributed by atoms with Crippen molar-refractivity contribution in [3.05, 3.63) is 90.5 Å². The van der Waals surface area contributed by atoms with Gasteiger partial charge in [-0.15, -0.1) is 11.8 Å². The second-order valence-electron chi connectivity index (χ2n) is 5.00. The van der Waals surface area contributed by atoms with Crippen molar-refractivity contribution in [2.24, 2.45) is 5.10 Å². The molecule has 0 aromatic heterocycles. The van der Waals surface area contributed by atoms with Gasteiger partial charge in [-0.2, -0.15) is 5.10 Å². The Kier molecular flexibility index (Phi) is 5.12. The van der Waals surface area contributed by atoms with Gasteiger partial charge in [0, 0.05) is 4.90 Å². The topological polar surface area (TPSA) is 15.6 Å². The minimum absolute atomic E-state index is 1.04. The molecule has 3 aromatic rings. The molecule has 0 radical (unpaired) electrons. The fourth-order valence-electron chi connectivity index (χ4n) is 2.24. The van der Waals surface area contributed by atoms with Crippen LogP contribution in [0.15, 0.2) is 94.9 Å². The Morgan fingerprint density at radius 2 is 1.26 bits per heavy atom. The van der Waals surface area contributed by atoms with Gasteiger partial charge in [-0.1, -0.05) is 48.5 Å². The van der Waals surface area contributed by atoms with Crippen molar-refractivity contribution in [3.63, 3.8) is 0 Å². The average molecular weight is 318 g/mol. The van der Waals surface area contributed by atoms with Gasteiger partial charge in [0.25, 0.3) is 0 Å². The van der Waals surface area contributed by atoms with Crippen LogP contribution in [0, 0.1) is 0 Å². The number of benzene rings is 3. The number of rotatable bonds is 5. The highest BCUT2D eigenvalue weighted by molar-refractivity contribution is 7.98. The van der Waals surface area contributed by atoms with E-state index < -0.39 is 0 Å². The van der Waals surface area contributed by atoms with Crippen molar-refractivity contribution in [3.8, 4) is 0 Å². The lowest BCUT2D eigenvalue weighted by atomic mass is 10.2. The van der Waals surface area contributed by atoms with Crippen LogP contribution in [0.5, 0.6) is 0 Å². The normalized spacial score (nSPS) is 10.8. The molecular weight excluding hydrogens is 300 g/mol. The first-order valence-electron chi connectivity index (χ1n) is 7.45. The number of nitrogens with zero attached hydrogens (tertiary/aromatic N) is 2. The summed E-state index contributed by atoms with van der Waals surface area (Å²) in [6, 6.07) is 28.7. The molecule has 0 saturated carbocycles. The van der Waals surface area contributed by atoms with Crippen LogP contribution < -0.4 is 5.01 Å². The van der Waals surface area contributed by atoms with Gasteiger partial charge in [-0.05, 0) is 48.2 Å². The summed E-state index contributed by atoms with van der Waals surface area (Å²) in [5, 5.41) is 6.64. The van der Waals surface area contributed by atoms with E-state index in [1.165, 1.54) is 4.90 Å². The maximum atomic E-state index is 4.69. The van der Waals surface area contributed by atoms with E-state index in [-0.39, 0.29) is 0 Å². The monoisotopic (exact) mass is 318 g/mol. The average Bonchev–Trinajstić information content (AvgIpc) is 2.64. The molecule has 2 nitrogen and oxygen atoms in total. The quantitative estimate of drug-likeness (QED) is 0.347. The second-order valence-corrected chi connectivity index (χ2v) is 5.88. The summed E-state index contributed by atoms with van der Waals surface area (Å²) < 4.78 is 0. The van der Waals surface area contributed by atoms with E-state index in [0.29, 0.717) is 0 Å². The Bertz CT molecular complexity index is 713. The Balaban J connectivity index is 1.91. The minimum Gasteiger partial charge on any atom is -0.234 e. The number of thioether (sulfide) groups is 1. The maximum Gasteiger partial charge on any atom is 0.0652 e. The summed E-state index contributed by atoms with van der Waals surface area (Å²) >= 11 is 1.74. The zero-order chi connectivity index (χ0) is 15.9. The highest BCUT2D eigenvalue weighted by Gasteiger charge is 2.06. The van der Waals surface area contributed by atoms with Crippen LogP contribution in [0.3, 0.4) is 0 Å². The predicted molar refractivity (Wildman–Crippen MR) is 101 cm³/mol. The number of hydrazone groups is 1. The first-order valence-corrected chi connectivity index (χ1v) is 8.67. The smallest absolute Gasteiger partial charge is 0.0652 e. The van der Waals surface area contributed by atoms with Gasteiger partial charge < -0.3 is 0 Å². The Hall–Kier alpha value is -2.52. The van der Waals surface area contributed by atoms with E-state index in [1.54, 1.807) is 11.8 Å². The van der Waals surface area contributed by atoms with Crippen molar-refractivity contribution < 1.29 is 0 Å². The molecule has 0 atom stereocenters. The maximum absolute atomic E-state index is 4.69. The molecule has 0 fully saturated rings. The zero-order valence-corrected chi connectivity index (χ0v) is 13.8. The van der Waals surface area contributed by atoms with E-state index >= 15 is 0 Å². The summed E-state index contributed by atoms with van der Waals surface area (Å²) in [6.07, 6.45) is 3.97. The van der Waals surface area contributed by atoms with Gasteiger partial charge in [0.15, 0.2) is 0 Å². The molecule has 3 heteroatoms. The van der Waals surface area contributed by atoms with E-state index in [2.05, 4.69) is 54.8 Å². The van der Waals surface area contributed by atoms with Crippen molar-refractivity contribution in [2.75, 3.05) is 11.3 Å². The number of hydrogen-bond acceptors (Lipinski definition) is 3. The zero-order valence-electron chi connectivity index (χ0n) is 13.0. The molecule has 23 heavy (non-hydrogen) atoms. The van der Waals surface area contributed by atoms with Gasteiger partial charge >= 0.3 is 0 Å². The summed E-state index contributed by atoms with van der Waals surface area (Å²) in [4.78, 5) is 1.25. The third kappa shape index (κ3) is 4.02. The Morgan fingerprint density at radius 1 is 0.739 bits per heavy atom. The van der Waals surface area contributed by atoms with Gasteiger partial charge in [0.05, 0.1) is 17.6 Å². The highest BCUT2D eigenvalue weighted by atomic mass is 32.2. The van der Waals surface area contributed by atoms with Crippen LogP contribution >= 0.6 is 11.8 Å². The molecule has 3 aromatic carbocycles. The molecule has 0 aliphatic rings. The third-order valence-corrected chi connectivity index (χ3v) is 4.18. The molecule has 0 bridgehead atoms. The first-order chi connectivity index (χ1) is 11.4. The standard InChI is InChI=1S/C20H18N2S/c1-23-20-14-12-17(13-15-20)16-21-22(18-8-4-2-5-9-18)19-10-6-3-7-11-19/h2-16H,1H3/b21-16+. The van der Waals surface area contributed by atoms with Crippen molar-refractivity contribution in [1.82, 2.24) is 0 Å². The molecule has 0 N–H and O–H groups in total. The van der Waals surface area contributed by atoms with Gasteiger partial charge in [-0.3, -0.25) is 0 Å². The summed E-state index contributed by atoms with van der Waals surface area (Å²) in [5.41, 5.74) is 3.16. The molecule has 0 aliphatic carbocycles. The first kappa shape index (κ1) is 15.4.